The lowest BCUT2D eigenvalue weighted by atomic mass is 10.1. The van der Waals surface area contributed by atoms with E-state index in [2.05, 4.69) is 29.3 Å². The number of benzene rings is 1. The highest BCUT2D eigenvalue weighted by molar-refractivity contribution is 5.92. The van der Waals surface area contributed by atoms with Crippen LogP contribution in [0.1, 0.15) is 31.2 Å². The van der Waals surface area contributed by atoms with E-state index in [0.29, 0.717) is 24.2 Å². The smallest absolute Gasteiger partial charge is 0.193 e. The Bertz CT molecular complexity index is 620. The van der Waals surface area contributed by atoms with Gasteiger partial charge in [-0.1, -0.05) is 25.1 Å². The van der Waals surface area contributed by atoms with E-state index < -0.39 is 0 Å². The monoisotopic (exact) mass is 288 g/mol. The zero-order valence-electron chi connectivity index (χ0n) is 12.5. The highest BCUT2D eigenvalue weighted by atomic mass is 16.5. The standard InChI is InChI=1S/C15H20N4O2/c1-10(2)14-8-13(21-19-14)9-17-15(16)18-11-5-4-6-12(7-11)20-3/h4-8,10H,9H2,1-3H3,(H3,16,17,18). The molecule has 6 nitrogen and oxygen atoms in total. The number of rotatable bonds is 5. The van der Waals surface area contributed by atoms with Crippen LogP contribution >= 0.6 is 0 Å². The van der Waals surface area contributed by atoms with Crippen LogP contribution in [0.2, 0.25) is 0 Å². The number of aromatic nitrogens is 1. The van der Waals surface area contributed by atoms with Gasteiger partial charge in [0.2, 0.25) is 0 Å². The molecule has 0 saturated carbocycles. The lowest BCUT2D eigenvalue weighted by Gasteiger charge is -2.06. The lowest BCUT2D eigenvalue weighted by molar-refractivity contribution is 0.376. The Labute approximate surface area is 124 Å². The van der Waals surface area contributed by atoms with Crippen molar-refractivity contribution < 1.29 is 9.26 Å². The van der Waals surface area contributed by atoms with Gasteiger partial charge in [0.1, 0.15) is 12.3 Å². The van der Waals surface area contributed by atoms with E-state index >= 15 is 0 Å². The van der Waals surface area contributed by atoms with Gasteiger partial charge in [-0.3, -0.25) is 0 Å². The highest BCUT2D eigenvalue weighted by Crippen LogP contribution is 2.17. The minimum atomic E-state index is 0.311. The summed E-state index contributed by atoms with van der Waals surface area (Å²) in [6.45, 7) is 4.47. The first-order valence-electron chi connectivity index (χ1n) is 6.75. The van der Waals surface area contributed by atoms with Gasteiger partial charge in [-0.15, -0.1) is 0 Å². The van der Waals surface area contributed by atoms with Crippen molar-refractivity contribution in [2.45, 2.75) is 26.3 Å². The van der Waals surface area contributed by atoms with Crippen LogP contribution in [-0.4, -0.2) is 18.2 Å². The van der Waals surface area contributed by atoms with Crippen molar-refractivity contribution in [1.82, 2.24) is 5.16 Å². The number of nitrogens with zero attached hydrogens (tertiary/aromatic N) is 2. The molecule has 1 aromatic carbocycles. The van der Waals surface area contributed by atoms with Crippen LogP contribution in [0.3, 0.4) is 0 Å². The van der Waals surface area contributed by atoms with Gasteiger partial charge in [0, 0.05) is 17.8 Å². The van der Waals surface area contributed by atoms with Gasteiger partial charge < -0.3 is 20.3 Å². The molecule has 0 fully saturated rings. The molecule has 0 radical (unpaired) electrons. The zero-order chi connectivity index (χ0) is 15.2. The molecular formula is C15H20N4O2. The second-order valence-corrected chi connectivity index (χ2v) is 4.93. The highest BCUT2D eigenvalue weighted by Gasteiger charge is 2.07. The fourth-order valence-corrected chi connectivity index (χ4v) is 1.73. The second-order valence-electron chi connectivity index (χ2n) is 4.93. The van der Waals surface area contributed by atoms with Crippen LogP contribution in [0.25, 0.3) is 0 Å². The van der Waals surface area contributed by atoms with Gasteiger partial charge >= 0.3 is 0 Å². The molecule has 0 bridgehead atoms. The Morgan fingerprint density at radius 3 is 2.90 bits per heavy atom. The molecule has 0 aliphatic rings. The van der Waals surface area contributed by atoms with E-state index in [1.54, 1.807) is 7.11 Å². The summed E-state index contributed by atoms with van der Waals surface area (Å²) in [4.78, 5) is 4.23. The number of anilines is 1. The first-order chi connectivity index (χ1) is 10.1. The summed E-state index contributed by atoms with van der Waals surface area (Å²) in [5.74, 6) is 2.09. The quantitative estimate of drug-likeness (QED) is 0.652. The summed E-state index contributed by atoms with van der Waals surface area (Å²) in [7, 11) is 1.62. The summed E-state index contributed by atoms with van der Waals surface area (Å²) < 4.78 is 10.3. The molecular weight excluding hydrogens is 268 g/mol. The molecule has 1 aromatic heterocycles. The van der Waals surface area contributed by atoms with E-state index in [1.165, 1.54) is 0 Å². The van der Waals surface area contributed by atoms with Crippen molar-refractivity contribution >= 4 is 11.6 Å². The topological polar surface area (TPSA) is 85.7 Å². The maximum absolute atomic E-state index is 5.85. The molecule has 21 heavy (non-hydrogen) atoms. The average molecular weight is 288 g/mol. The van der Waals surface area contributed by atoms with Crippen molar-refractivity contribution in [2.75, 3.05) is 12.4 Å². The molecule has 1 heterocycles. The molecule has 112 valence electrons. The number of hydrogen-bond acceptors (Lipinski definition) is 4. The van der Waals surface area contributed by atoms with Crippen molar-refractivity contribution in [3.63, 3.8) is 0 Å². The predicted molar refractivity (Wildman–Crippen MR) is 82.5 cm³/mol. The second kappa shape index (κ2) is 6.78. The largest absolute Gasteiger partial charge is 0.497 e. The maximum atomic E-state index is 5.85. The molecule has 6 heteroatoms. The van der Waals surface area contributed by atoms with E-state index in [-0.39, 0.29) is 0 Å². The Balaban J connectivity index is 1.96. The van der Waals surface area contributed by atoms with Gasteiger partial charge in [0.15, 0.2) is 11.7 Å². The van der Waals surface area contributed by atoms with Crippen LogP contribution in [-0.2, 0) is 6.54 Å². The van der Waals surface area contributed by atoms with Crippen LogP contribution in [0.4, 0.5) is 5.69 Å². The van der Waals surface area contributed by atoms with Gasteiger partial charge in [-0.2, -0.15) is 0 Å². The molecule has 0 saturated heterocycles. The summed E-state index contributed by atoms with van der Waals surface area (Å²) >= 11 is 0. The predicted octanol–water partition coefficient (Wildman–Crippen LogP) is 2.73. The fourth-order valence-electron chi connectivity index (χ4n) is 1.73. The third-order valence-corrected chi connectivity index (χ3v) is 2.92. The van der Waals surface area contributed by atoms with Crippen molar-refractivity contribution in [3.8, 4) is 5.75 Å². The summed E-state index contributed by atoms with van der Waals surface area (Å²) in [5.41, 5.74) is 7.58. The molecule has 3 N–H and O–H groups in total. The van der Waals surface area contributed by atoms with E-state index in [1.807, 2.05) is 30.3 Å². The molecule has 0 spiro atoms. The summed E-state index contributed by atoms with van der Waals surface area (Å²) in [6, 6.07) is 9.36. The van der Waals surface area contributed by atoms with Gasteiger partial charge in [0.05, 0.1) is 12.8 Å². The molecule has 0 amide bonds. The van der Waals surface area contributed by atoms with Crippen LogP contribution in [0.5, 0.6) is 5.75 Å². The molecule has 0 aliphatic heterocycles. The van der Waals surface area contributed by atoms with E-state index in [9.17, 15) is 0 Å². The number of hydrogen-bond donors (Lipinski definition) is 2. The normalized spacial score (nSPS) is 11.7. The molecule has 2 rings (SSSR count). The third-order valence-electron chi connectivity index (χ3n) is 2.92. The minimum absolute atomic E-state index is 0.311. The van der Waals surface area contributed by atoms with E-state index in [4.69, 9.17) is 15.0 Å². The average Bonchev–Trinajstić information content (AvgIpc) is 2.94. The van der Waals surface area contributed by atoms with Gasteiger partial charge in [0.25, 0.3) is 0 Å². The number of ether oxygens (including phenoxy) is 1. The van der Waals surface area contributed by atoms with Crippen molar-refractivity contribution in [3.05, 3.63) is 41.8 Å². The Kier molecular flexibility index (Phi) is 4.81. The van der Waals surface area contributed by atoms with E-state index in [0.717, 1.165) is 17.1 Å². The fraction of sp³-hybridized carbons (Fsp3) is 0.333. The lowest BCUT2D eigenvalue weighted by Crippen LogP contribution is -2.22. The van der Waals surface area contributed by atoms with Crippen molar-refractivity contribution in [2.24, 2.45) is 10.7 Å². The first-order valence-corrected chi connectivity index (χ1v) is 6.75. The summed E-state index contributed by atoms with van der Waals surface area (Å²) in [5, 5.41) is 6.98. The van der Waals surface area contributed by atoms with Gasteiger partial charge in [-0.05, 0) is 18.1 Å². The molecule has 0 atom stereocenters. The number of nitrogens with one attached hydrogen (secondary N) is 1. The third kappa shape index (κ3) is 4.24. The van der Waals surface area contributed by atoms with Crippen LogP contribution in [0.15, 0.2) is 39.8 Å². The van der Waals surface area contributed by atoms with Crippen molar-refractivity contribution in [1.29, 1.82) is 0 Å². The number of aliphatic imine (C=N–C) groups is 1. The Hall–Kier alpha value is -2.50. The Morgan fingerprint density at radius 2 is 2.24 bits per heavy atom. The minimum Gasteiger partial charge on any atom is -0.497 e. The molecule has 0 aliphatic carbocycles. The number of nitrogens with two attached hydrogens (primary N) is 1. The van der Waals surface area contributed by atoms with Crippen LogP contribution < -0.4 is 15.8 Å². The Morgan fingerprint density at radius 1 is 1.43 bits per heavy atom. The van der Waals surface area contributed by atoms with Crippen LogP contribution in [0, 0.1) is 0 Å². The maximum Gasteiger partial charge on any atom is 0.193 e. The summed E-state index contributed by atoms with van der Waals surface area (Å²) in [6.07, 6.45) is 0. The van der Waals surface area contributed by atoms with Gasteiger partial charge in [-0.25, -0.2) is 4.99 Å². The molecule has 0 unspecified atom stereocenters. The number of guanidine groups is 1. The molecule has 2 aromatic rings. The SMILES string of the molecule is COc1cccc(NC(N)=NCc2cc(C(C)C)no2)c1. The zero-order valence-corrected chi connectivity index (χ0v) is 12.5. The first kappa shape index (κ1) is 14.9. The number of methoxy groups -OCH3 is 1.